The fraction of sp³-hybridized carbons (Fsp3) is 0.360. The Labute approximate surface area is 189 Å². The molecule has 7 heteroatoms. The molecule has 3 N–H and O–H groups in total. The average Bonchev–Trinajstić information content (AvgIpc) is 3.26. The Balaban J connectivity index is 1.64. The zero-order chi connectivity index (χ0) is 22.7. The molecule has 2 aromatic carbocycles. The maximum atomic E-state index is 13.1. The Kier molecular flexibility index (Phi) is 6.58. The van der Waals surface area contributed by atoms with Crippen LogP contribution in [0.1, 0.15) is 40.0 Å². The molecule has 1 aliphatic rings. The number of rotatable bonds is 6. The molecule has 0 aliphatic carbocycles. The van der Waals surface area contributed by atoms with E-state index in [2.05, 4.69) is 33.5 Å². The molecule has 0 radical (unpaired) electrons. The van der Waals surface area contributed by atoms with Crippen LogP contribution in [-0.2, 0) is 18.3 Å². The van der Waals surface area contributed by atoms with E-state index < -0.39 is 0 Å². The molecule has 1 aromatic heterocycles. The monoisotopic (exact) mass is 433 g/mol. The molecular formula is C25H31N5O2. The van der Waals surface area contributed by atoms with Crippen LogP contribution in [-0.4, -0.2) is 42.0 Å². The van der Waals surface area contributed by atoms with Crippen LogP contribution in [0.3, 0.4) is 0 Å². The van der Waals surface area contributed by atoms with Crippen molar-refractivity contribution in [2.45, 2.75) is 26.4 Å². The van der Waals surface area contributed by atoms with Gasteiger partial charge < -0.3 is 20.7 Å². The summed E-state index contributed by atoms with van der Waals surface area (Å²) >= 11 is 0. The van der Waals surface area contributed by atoms with Crippen molar-refractivity contribution in [2.75, 3.05) is 31.2 Å². The minimum absolute atomic E-state index is 0.0926. The number of carbonyl (C=O) groups is 1. The predicted octanol–water partition coefficient (Wildman–Crippen LogP) is 3.18. The van der Waals surface area contributed by atoms with Gasteiger partial charge in [-0.1, -0.05) is 12.1 Å². The van der Waals surface area contributed by atoms with Crippen molar-refractivity contribution in [3.63, 3.8) is 0 Å². The highest BCUT2D eigenvalue weighted by atomic mass is 16.5. The number of morpholine rings is 1. The molecule has 1 atom stereocenters. The van der Waals surface area contributed by atoms with E-state index >= 15 is 0 Å². The molecule has 32 heavy (non-hydrogen) atoms. The molecule has 3 aromatic rings. The fourth-order valence-corrected chi connectivity index (χ4v) is 4.02. The van der Waals surface area contributed by atoms with E-state index in [-0.39, 0.29) is 11.9 Å². The quantitative estimate of drug-likeness (QED) is 0.624. The number of nitrogens with one attached hydrogen (secondary N) is 1. The second kappa shape index (κ2) is 9.54. The molecular weight excluding hydrogens is 402 g/mol. The zero-order valence-corrected chi connectivity index (χ0v) is 19.0. The molecule has 1 saturated heterocycles. The number of nitrogens with two attached hydrogens (primary N) is 1. The first-order chi connectivity index (χ1) is 15.4. The number of hydrogen-bond donors (Lipinski definition) is 2. The van der Waals surface area contributed by atoms with Crippen LogP contribution in [0.15, 0.2) is 48.8 Å². The van der Waals surface area contributed by atoms with Crippen molar-refractivity contribution in [2.24, 2.45) is 12.8 Å². The van der Waals surface area contributed by atoms with Gasteiger partial charge in [0.25, 0.3) is 5.91 Å². The maximum Gasteiger partial charge on any atom is 0.252 e. The van der Waals surface area contributed by atoms with Gasteiger partial charge in [-0.3, -0.25) is 9.48 Å². The Bertz CT molecular complexity index is 1100. The smallest absolute Gasteiger partial charge is 0.252 e. The molecule has 1 aliphatic heterocycles. The number of anilines is 1. The highest BCUT2D eigenvalue weighted by Crippen LogP contribution is 2.30. The van der Waals surface area contributed by atoms with Crippen molar-refractivity contribution < 1.29 is 9.53 Å². The molecule has 0 spiro atoms. The molecule has 1 amide bonds. The molecule has 4 rings (SSSR count). The summed E-state index contributed by atoms with van der Waals surface area (Å²) in [4.78, 5) is 15.4. The minimum atomic E-state index is -0.167. The summed E-state index contributed by atoms with van der Waals surface area (Å²) in [5.74, 6) is -0.0926. The lowest BCUT2D eigenvalue weighted by Gasteiger charge is -2.30. The summed E-state index contributed by atoms with van der Waals surface area (Å²) in [5, 5.41) is 7.50. The third-order valence-electron chi connectivity index (χ3n) is 5.98. The van der Waals surface area contributed by atoms with E-state index in [4.69, 9.17) is 10.5 Å². The van der Waals surface area contributed by atoms with E-state index in [9.17, 15) is 4.79 Å². The summed E-state index contributed by atoms with van der Waals surface area (Å²) < 4.78 is 7.33. The second-order valence-electron chi connectivity index (χ2n) is 8.36. The Morgan fingerprint density at radius 2 is 1.97 bits per heavy atom. The van der Waals surface area contributed by atoms with E-state index in [0.717, 1.165) is 59.8 Å². The first kappa shape index (κ1) is 22.0. The highest BCUT2D eigenvalue weighted by Gasteiger charge is 2.18. The van der Waals surface area contributed by atoms with Crippen molar-refractivity contribution in [3.8, 4) is 11.1 Å². The Morgan fingerprint density at radius 3 is 2.66 bits per heavy atom. The number of carbonyl (C=O) groups excluding carboxylic acids is 1. The first-order valence-corrected chi connectivity index (χ1v) is 11.0. The predicted molar refractivity (Wildman–Crippen MR) is 127 cm³/mol. The summed E-state index contributed by atoms with van der Waals surface area (Å²) in [5.41, 5.74) is 12.6. The number of amides is 1. The van der Waals surface area contributed by atoms with E-state index in [1.165, 1.54) is 0 Å². The van der Waals surface area contributed by atoms with Crippen molar-refractivity contribution in [1.82, 2.24) is 15.1 Å². The molecule has 7 nitrogen and oxygen atoms in total. The lowest BCUT2D eigenvalue weighted by Crippen LogP contribution is -2.36. The maximum absolute atomic E-state index is 13.1. The number of aryl methyl sites for hydroxylation is 2. The molecule has 0 saturated carbocycles. The summed E-state index contributed by atoms with van der Waals surface area (Å²) in [7, 11) is 1.91. The average molecular weight is 434 g/mol. The number of ether oxygens (including phenoxy) is 1. The van der Waals surface area contributed by atoms with E-state index in [1.54, 1.807) is 4.68 Å². The fourth-order valence-electron chi connectivity index (χ4n) is 4.02. The van der Waals surface area contributed by atoms with Gasteiger partial charge in [-0.2, -0.15) is 5.10 Å². The lowest BCUT2D eigenvalue weighted by atomic mass is 9.99. The van der Waals surface area contributed by atoms with Gasteiger partial charge in [-0.05, 0) is 60.4 Å². The van der Waals surface area contributed by atoms with Crippen molar-refractivity contribution in [1.29, 1.82) is 0 Å². The van der Waals surface area contributed by atoms with Crippen LogP contribution < -0.4 is 16.0 Å². The summed E-state index contributed by atoms with van der Waals surface area (Å²) in [6.45, 7) is 7.51. The van der Waals surface area contributed by atoms with Crippen LogP contribution >= 0.6 is 0 Å². The van der Waals surface area contributed by atoms with Gasteiger partial charge in [0.05, 0.1) is 25.5 Å². The van der Waals surface area contributed by atoms with Gasteiger partial charge in [0.2, 0.25) is 0 Å². The van der Waals surface area contributed by atoms with Crippen LogP contribution in [0.5, 0.6) is 0 Å². The van der Waals surface area contributed by atoms with Gasteiger partial charge in [0.1, 0.15) is 0 Å². The molecule has 0 bridgehead atoms. The number of aromatic nitrogens is 2. The molecule has 1 fully saturated rings. The van der Waals surface area contributed by atoms with Crippen LogP contribution in [0.25, 0.3) is 11.1 Å². The van der Waals surface area contributed by atoms with Crippen LogP contribution in [0.4, 0.5) is 5.69 Å². The highest BCUT2D eigenvalue weighted by molar-refractivity contribution is 5.96. The zero-order valence-electron chi connectivity index (χ0n) is 19.0. The van der Waals surface area contributed by atoms with Crippen LogP contribution in [0.2, 0.25) is 0 Å². The topological polar surface area (TPSA) is 85.4 Å². The largest absolute Gasteiger partial charge is 0.378 e. The van der Waals surface area contributed by atoms with E-state index in [0.29, 0.717) is 12.1 Å². The standard InChI is InChI=1S/C25H31N5O2/c1-17-4-5-19(14-26)10-24(17)25(31)28-18(2)20-11-21(22-15-27-29(3)16-22)13-23(12-20)30-6-8-32-9-7-30/h4-5,10-13,15-16,18H,6-9,14,26H2,1-3H3,(H,28,31)/t18-/m1/s1. The lowest BCUT2D eigenvalue weighted by molar-refractivity contribution is 0.0939. The van der Waals surface area contributed by atoms with Gasteiger partial charge in [0, 0.05) is 49.7 Å². The molecule has 168 valence electrons. The summed E-state index contributed by atoms with van der Waals surface area (Å²) in [6.07, 6.45) is 3.88. The number of nitrogens with zero attached hydrogens (tertiary/aromatic N) is 3. The second-order valence-corrected chi connectivity index (χ2v) is 8.36. The van der Waals surface area contributed by atoms with Gasteiger partial charge in [-0.25, -0.2) is 0 Å². The van der Waals surface area contributed by atoms with Crippen LogP contribution in [0, 0.1) is 6.92 Å². The third kappa shape index (κ3) is 4.84. The van der Waals surface area contributed by atoms with Gasteiger partial charge >= 0.3 is 0 Å². The van der Waals surface area contributed by atoms with Gasteiger partial charge in [-0.15, -0.1) is 0 Å². The Hall–Kier alpha value is -3.16. The van der Waals surface area contributed by atoms with Crippen molar-refractivity contribution in [3.05, 3.63) is 71.0 Å². The minimum Gasteiger partial charge on any atom is -0.378 e. The molecule has 2 heterocycles. The first-order valence-electron chi connectivity index (χ1n) is 11.0. The number of hydrogen-bond acceptors (Lipinski definition) is 5. The Morgan fingerprint density at radius 1 is 1.19 bits per heavy atom. The summed E-state index contributed by atoms with van der Waals surface area (Å²) in [6, 6.07) is 12.1. The van der Waals surface area contributed by atoms with Crippen molar-refractivity contribution >= 4 is 11.6 Å². The third-order valence-corrected chi connectivity index (χ3v) is 5.98. The normalized spacial score (nSPS) is 14.9. The van der Waals surface area contributed by atoms with Gasteiger partial charge in [0.15, 0.2) is 0 Å². The molecule has 0 unspecified atom stereocenters. The number of benzene rings is 2. The SMILES string of the molecule is Cc1ccc(CN)cc1C(=O)N[C@H](C)c1cc(-c2cnn(C)c2)cc(N2CCOCC2)c1. The van der Waals surface area contributed by atoms with E-state index in [1.807, 2.05) is 51.5 Å².